The van der Waals surface area contributed by atoms with Gasteiger partial charge in [0.15, 0.2) is 10.9 Å². The van der Waals surface area contributed by atoms with Crippen molar-refractivity contribution in [1.29, 1.82) is 0 Å². The smallest absolute Gasteiger partial charge is 0.326 e. The predicted octanol–water partition coefficient (Wildman–Crippen LogP) is 2.15. The van der Waals surface area contributed by atoms with Gasteiger partial charge in [0.2, 0.25) is 0 Å². The lowest BCUT2D eigenvalue weighted by Crippen LogP contribution is -2.40. The molecule has 0 aliphatic carbocycles. The number of furan rings is 1. The van der Waals surface area contributed by atoms with Gasteiger partial charge in [0.1, 0.15) is 6.04 Å². The Morgan fingerprint density at radius 2 is 2.33 bits per heavy atom. The molecule has 1 aromatic heterocycles. The van der Waals surface area contributed by atoms with Crippen LogP contribution in [0.3, 0.4) is 0 Å². The monoisotopic (exact) mass is 269 g/mol. The van der Waals surface area contributed by atoms with E-state index in [0.717, 1.165) is 0 Å². The summed E-state index contributed by atoms with van der Waals surface area (Å²) in [5.74, 6) is -1.47. The molecule has 5 nitrogen and oxygen atoms in total. The van der Waals surface area contributed by atoms with Gasteiger partial charge in [-0.15, -0.1) is 6.58 Å². The zero-order valence-corrected chi connectivity index (χ0v) is 10.8. The van der Waals surface area contributed by atoms with Gasteiger partial charge >= 0.3 is 5.97 Å². The quantitative estimate of drug-likeness (QED) is 0.585. The lowest BCUT2D eigenvalue weighted by atomic mass is 10.1. The number of nitrogens with one attached hydrogen (secondary N) is 1. The van der Waals surface area contributed by atoms with Crippen molar-refractivity contribution in [2.24, 2.45) is 0 Å². The van der Waals surface area contributed by atoms with Crippen molar-refractivity contribution in [3.8, 4) is 0 Å². The second-order valence-corrected chi connectivity index (χ2v) is 4.36. The normalized spacial score (nSPS) is 11.8. The van der Waals surface area contributed by atoms with Gasteiger partial charge in [-0.25, -0.2) is 4.79 Å². The SMILES string of the molecule is C=CCCC(NC(=O)c1ccc(SC)o1)C(=O)O. The van der Waals surface area contributed by atoms with Crippen LogP contribution in [0.4, 0.5) is 0 Å². The summed E-state index contributed by atoms with van der Waals surface area (Å²) in [7, 11) is 0. The third-order valence-corrected chi connectivity index (χ3v) is 2.89. The molecule has 0 radical (unpaired) electrons. The number of aliphatic carboxylic acids is 1. The Morgan fingerprint density at radius 3 is 2.83 bits per heavy atom. The Kier molecular flexibility index (Phi) is 5.51. The summed E-state index contributed by atoms with van der Waals surface area (Å²) in [6.07, 6.45) is 4.26. The number of amides is 1. The van der Waals surface area contributed by atoms with Gasteiger partial charge in [0, 0.05) is 0 Å². The highest BCUT2D eigenvalue weighted by atomic mass is 32.2. The predicted molar refractivity (Wildman–Crippen MR) is 68.8 cm³/mol. The van der Waals surface area contributed by atoms with Crippen LogP contribution in [0.2, 0.25) is 0 Å². The maximum atomic E-state index is 11.7. The average molecular weight is 269 g/mol. The highest BCUT2D eigenvalue weighted by Crippen LogP contribution is 2.18. The standard InChI is InChI=1S/C12H15NO4S/c1-3-4-5-8(12(15)16)13-11(14)9-6-7-10(17-9)18-2/h3,6-8H,1,4-5H2,2H3,(H,13,14)(H,15,16). The molecule has 1 unspecified atom stereocenters. The first-order valence-corrected chi connectivity index (χ1v) is 6.59. The Balaban J connectivity index is 2.65. The van der Waals surface area contributed by atoms with Gasteiger partial charge in [0.05, 0.1) is 0 Å². The molecule has 1 heterocycles. The summed E-state index contributed by atoms with van der Waals surface area (Å²) in [6, 6.07) is 2.26. The van der Waals surface area contributed by atoms with Gasteiger partial charge in [-0.2, -0.15) is 0 Å². The Labute approximate surface area is 109 Å². The van der Waals surface area contributed by atoms with Crippen LogP contribution in [-0.4, -0.2) is 29.3 Å². The van der Waals surface area contributed by atoms with Crippen molar-refractivity contribution >= 4 is 23.6 Å². The van der Waals surface area contributed by atoms with E-state index in [4.69, 9.17) is 9.52 Å². The second-order valence-electron chi connectivity index (χ2n) is 3.55. The van der Waals surface area contributed by atoms with Crippen molar-refractivity contribution in [3.05, 3.63) is 30.5 Å². The molecule has 0 bridgehead atoms. The first kappa shape index (κ1) is 14.4. The number of carbonyl (C=O) groups excluding carboxylic acids is 1. The molecule has 6 heteroatoms. The summed E-state index contributed by atoms with van der Waals surface area (Å²) in [4.78, 5) is 22.7. The number of thioether (sulfide) groups is 1. The fourth-order valence-electron chi connectivity index (χ4n) is 1.32. The molecule has 0 aliphatic rings. The van der Waals surface area contributed by atoms with Crippen LogP contribution in [0.25, 0.3) is 0 Å². The van der Waals surface area contributed by atoms with E-state index >= 15 is 0 Å². The molecule has 0 aliphatic heterocycles. The highest BCUT2D eigenvalue weighted by molar-refractivity contribution is 7.98. The van der Waals surface area contributed by atoms with Crippen molar-refractivity contribution in [3.63, 3.8) is 0 Å². The fraction of sp³-hybridized carbons (Fsp3) is 0.333. The molecule has 0 saturated heterocycles. The number of carboxylic acids is 1. The van der Waals surface area contributed by atoms with E-state index in [2.05, 4.69) is 11.9 Å². The van der Waals surface area contributed by atoms with E-state index in [9.17, 15) is 9.59 Å². The Bertz CT molecular complexity index is 441. The zero-order chi connectivity index (χ0) is 13.5. The number of hydrogen-bond acceptors (Lipinski definition) is 4. The Morgan fingerprint density at radius 1 is 1.61 bits per heavy atom. The summed E-state index contributed by atoms with van der Waals surface area (Å²) >= 11 is 1.37. The fourth-order valence-corrected chi connectivity index (χ4v) is 1.70. The topological polar surface area (TPSA) is 79.5 Å². The molecule has 1 rings (SSSR count). The van der Waals surface area contributed by atoms with E-state index in [-0.39, 0.29) is 5.76 Å². The van der Waals surface area contributed by atoms with Gasteiger partial charge in [-0.1, -0.05) is 17.8 Å². The van der Waals surface area contributed by atoms with Gasteiger partial charge in [-0.3, -0.25) is 4.79 Å². The largest absolute Gasteiger partial charge is 0.480 e. The van der Waals surface area contributed by atoms with Crippen molar-refractivity contribution in [2.75, 3.05) is 6.26 Å². The second kappa shape index (κ2) is 6.90. The van der Waals surface area contributed by atoms with Crippen LogP contribution in [0.1, 0.15) is 23.4 Å². The molecule has 1 atom stereocenters. The minimum absolute atomic E-state index is 0.115. The van der Waals surface area contributed by atoms with Crippen LogP contribution in [-0.2, 0) is 4.79 Å². The summed E-state index contributed by atoms with van der Waals surface area (Å²) < 4.78 is 5.22. The summed E-state index contributed by atoms with van der Waals surface area (Å²) in [5, 5.41) is 12.0. The highest BCUT2D eigenvalue weighted by Gasteiger charge is 2.21. The van der Waals surface area contributed by atoms with Gasteiger partial charge < -0.3 is 14.8 Å². The lowest BCUT2D eigenvalue weighted by molar-refractivity contribution is -0.139. The van der Waals surface area contributed by atoms with Crippen molar-refractivity contribution in [1.82, 2.24) is 5.32 Å². The third-order valence-electron chi connectivity index (χ3n) is 2.27. The van der Waals surface area contributed by atoms with Crippen LogP contribution in [0, 0.1) is 0 Å². The van der Waals surface area contributed by atoms with Crippen LogP contribution in [0.5, 0.6) is 0 Å². The molecule has 0 spiro atoms. The molecular weight excluding hydrogens is 254 g/mol. The number of allylic oxidation sites excluding steroid dienone is 1. The zero-order valence-electron chi connectivity index (χ0n) is 10.0. The minimum atomic E-state index is -1.07. The number of carbonyl (C=O) groups is 2. The molecule has 2 N–H and O–H groups in total. The minimum Gasteiger partial charge on any atom is -0.480 e. The molecule has 98 valence electrons. The number of carboxylic acid groups (broad SMARTS) is 1. The number of hydrogen-bond donors (Lipinski definition) is 2. The van der Waals surface area contributed by atoms with E-state index in [1.807, 2.05) is 6.26 Å². The van der Waals surface area contributed by atoms with E-state index in [0.29, 0.717) is 17.9 Å². The summed E-state index contributed by atoms with van der Waals surface area (Å²) in [6.45, 7) is 3.52. The molecule has 0 saturated carbocycles. The lowest BCUT2D eigenvalue weighted by Gasteiger charge is -2.12. The Hall–Kier alpha value is -1.69. The molecule has 18 heavy (non-hydrogen) atoms. The molecular formula is C12H15NO4S. The van der Waals surface area contributed by atoms with E-state index in [1.165, 1.54) is 17.8 Å². The van der Waals surface area contributed by atoms with Crippen LogP contribution >= 0.6 is 11.8 Å². The van der Waals surface area contributed by atoms with Crippen molar-refractivity contribution < 1.29 is 19.1 Å². The van der Waals surface area contributed by atoms with E-state index in [1.54, 1.807) is 12.1 Å². The van der Waals surface area contributed by atoms with Crippen molar-refractivity contribution in [2.45, 2.75) is 24.0 Å². The van der Waals surface area contributed by atoms with Crippen LogP contribution < -0.4 is 5.32 Å². The molecule has 0 fully saturated rings. The summed E-state index contributed by atoms with van der Waals surface area (Å²) in [5.41, 5.74) is 0. The third kappa shape index (κ3) is 3.96. The van der Waals surface area contributed by atoms with E-state index < -0.39 is 17.9 Å². The average Bonchev–Trinajstić information content (AvgIpc) is 2.82. The van der Waals surface area contributed by atoms with Gasteiger partial charge in [0.25, 0.3) is 5.91 Å². The number of rotatable bonds is 7. The maximum absolute atomic E-state index is 11.7. The first-order valence-electron chi connectivity index (χ1n) is 5.37. The first-order chi connectivity index (χ1) is 8.58. The molecule has 1 aromatic rings. The van der Waals surface area contributed by atoms with Gasteiger partial charge in [-0.05, 0) is 31.2 Å². The molecule has 0 aromatic carbocycles. The molecule has 1 amide bonds. The van der Waals surface area contributed by atoms with Crippen LogP contribution in [0.15, 0.2) is 34.3 Å². The maximum Gasteiger partial charge on any atom is 0.326 e.